The van der Waals surface area contributed by atoms with Crippen LogP contribution in [0.25, 0.3) is 0 Å². The SMILES string of the molecule is CC(C)CC(NC(=O)c1ccc(Br)cn1)C(=O)O. The summed E-state index contributed by atoms with van der Waals surface area (Å²) in [7, 11) is 0. The monoisotopic (exact) mass is 314 g/mol. The first-order valence-electron chi connectivity index (χ1n) is 5.55. The highest BCUT2D eigenvalue weighted by Gasteiger charge is 2.22. The highest BCUT2D eigenvalue weighted by Crippen LogP contribution is 2.09. The molecule has 98 valence electrons. The second-order valence-corrected chi connectivity index (χ2v) is 5.27. The summed E-state index contributed by atoms with van der Waals surface area (Å²) in [6.45, 7) is 3.81. The van der Waals surface area contributed by atoms with E-state index in [1.807, 2.05) is 13.8 Å². The number of pyridine rings is 1. The van der Waals surface area contributed by atoms with Gasteiger partial charge in [-0.2, -0.15) is 0 Å². The molecule has 1 aromatic heterocycles. The molecule has 18 heavy (non-hydrogen) atoms. The van der Waals surface area contributed by atoms with Gasteiger partial charge in [-0.15, -0.1) is 0 Å². The molecule has 0 bridgehead atoms. The molecule has 0 radical (unpaired) electrons. The smallest absolute Gasteiger partial charge is 0.326 e. The zero-order valence-electron chi connectivity index (χ0n) is 10.2. The molecule has 1 amide bonds. The normalized spacial score (nSPS) is 12.2. The number of carbonyl (C=O) groups excluding carboxylic acids is 1. The second-order valence-electron chi connectivity index (χ2n) is 4.36. The first-order valence-corrected chi connectivity index (χ1v) is 6.34. The summed E-state index contributed by atoms with van der Waals surface area (Å²) in [4.78, 5) is 26.7. The third-order valence-corrected chi connectivity index (χ3v) is 2.74. The van der Waals surface area contributed by atoms with Gasteiger partial charge in [-0.05, 0) is 40.4 Å². The van der Waals surface area contributed by atoms with Crippen molar-refractivity contribution in [2.75, 3.05) is 0 Å². The van der Waals surface area contributed by atoms with Crippen molar-refractivity contribution < 1.29 is 14.7 Å². The Hall–Kier alpha value is -1.43. The number of hydrogen-bond donors (Lipinski definition) is 2. The highest BCUT2D eigenvalue weighted by atomic mass is 79.9. The van der Waals surface area contributed by atoms with Crippen molar-refractivity contribution in [2.45, 2.75) is 26.3 Å². The van der Waals surface area contributed by atoms with Gasteiger partial charge in [0.05, 0.1) is 0 Å². The van der Waals surface area contributed by atoms with E-state index in [1.54, 1.807) is 6.07 Å². The van der Waals surface area contributed by atoms with Crippen LogP contribution in [0.4, 0.5) is 0 Å². The van der Waals surface area contributed by atoms with Crippen LogP contribution in [0, 0.1) is 5.92 Å². The Morgan fingerprint density at radius 2 is 2.11 bits per heavy atom. The van der Waals surface area contributed by atoms with Gasteiger partial charge in [-0.1, -0.05) is 13.8 Å². The number of rotatable bonds is 5. The Kier molecular flexibility index (Phi) is 5.27. The summed E-state index contributed by atoms with van der Waals surface area (Å²) in [6.07, 6.45) is 1.88. The fraction of sp³-hybridized carbons (Fsp3) is 0.417. The molecule has 2 N–H and O–H groups in total. The van der Waals surface area contributed by atoms with Gasteiger partial charge in [0, 0.05) is 10.7 Å². The first kappa shape index (κ1) is 14.6. The predicted octanol–water partition coefficient (Wildman–Crippen LogP) is 2.07. The van der Waals surface area contributed by atoms with E-state index in [9.17, 15) is 9.59 Å². The Bertz CT molecular complexity index is 431. The molecular formula is C12H15BrN2O3. The van der Waals surface area contributed by atoms with E-state index >= 15 is 0 Å². The van der Waals surface area contributed by atoms with Gasteiger partial charge < -0.3 is 10.4 Å². The topological polar surface area (TPSA) is 79.3 Å². The molecule has 0 spiro atoms. The molecule has 0 aliphatic rings. The van der Waals surface area contributed by atoms with Crippen molar-refractivity contribution in [1.29, 1.82) is 0 Å². The number of amides is 1. The molecule has 5 nitrogen and oxygen atoms in total. The molecule has 0 fully saturated rings. The van der Waals surface area contributed by atoms with Crippen LogP contribution in [0.3, 0.4) is 0 Å². The van der Waals surface area contributed by atoms with Gasteiger partial charge in [0.15, 0.2) is 0 Å². The lowest BCUT2D eigenvalue weighted by Crippen LogP contribution is -2.41. The van der Waals surface area contributed by atoms with E-state index in [2.05, 4.69) is 26.2 Å². The van der Waals surface area contributed by atoms with Crippen LogP contribution in [-0.4, -0.2) is 28.0 Å². The maximum absolute atomic E-state index is 11.8. The summed E-state index contributed by atoms with van der Waals surface area (Å²) in [5.41, 5.74) is 0.202. The number of carbonyl (C=O) groups is 2. The zero-order chi connectivity index (χ0) is 13.7. The van der Waals surface area contributed by atoms with E-state index in [1.165, 1.54) is 12.3 Å². The van der Waals surface area contributed by atoms with E-state index in [4.69, 9.17) is 5.11 Å². The average molecular weight is 315 g/mol. The van der Waals surface area contributed by atoms with E-state index in [0.29, 0.717) is 6.42 Å². The number of carboxylic acids is 1. The Morgan fingerprint density at radius 3 is 2.56 bits per heavy atom. The van der Waals surface area contributed by atoms with Gasteiger partial charge in [0.1, 0.15) is 11.7 Å². The lowest BCUT2D eigenvalue weighted by Gasteiger charge is -2.16. The van der Waals surface area contributed by atoms with Gasteiger partial charge in [-0.25, -0.2) is 9.78 Å². The minimum Gasteiger partial charge on any atom is -0.480 e. The summed E-state index contributed by atoms with van der Waals surface area (Å²) in [5.74, 6) is -1.33. The van der Waals surface area contributed by atoms with Gasteiger partial charge >= 0.3 is 5.97 Å². The fourth-order valence-electron chi connectivity index (χ4n) is 1.44. The van der Waals surface area contributed by atoms with E-state index in [0.717, 1.165) is 4.47 Å². The Labute approximate surface area is 114 Å². The fourth-order valence-corrected chi connectivity index (χ4v) is 1.67. The molecule has 1 atom stereocenters. The first-order chi connectivity index (χ1) is 8.40. The lowest BCUT2D eigenvalue weighted by atomic mass is 10.0. The highest BCUT2D eigenvalue weighted by molar-refractivity contribution is 9.10. The van der Waals surface area contributed by atoms with Crippen LogP contribution >= 0.6 is 15.9 Å². The van der Waals surface area contributed by atoms with Crippen molar-refractivity contribution in [1.82, 2.24) is 10.3 Å². The van der Waals surface area contributed by atoms with Gasteiger partial charge in [0.2, 0.25) is 0 Å². The van der Waals surface area contributed by atoms with Crippen LogP contribution in [0.1, 0.15) is 30.8 Å². The molecule has 1 unspecified atom stereocenters. The number of carboxylic acid groups (broad SMARTS) is 1. The Morgan fingerprint density at radius 1 is 1.44 bits per heavy atom. The molecular weight excluding hydrogens is 300 g/mol. The van der Waals surface area contributed by atoms with Crippen LogP contribution in [0.15, 0.2) is 22.8 Å². The molecule has 0 saturated heterocycles. The number of aromatic nitrogens is 1. The van der Waals surface area contributed by atoms with Crippen molar-refractivity contribution in [2.24, 2.45) is 5.92 Å². The van der Waals surface area contributed by atoms with Crippen LogP contribution in [0.5, 0.6) is 0 Å². The largest absolute Gasteiger partial charge is 0.480 e. The molecule has 0 aliphatic heterocycles. The maximum atomic E-state index is 11.8. The number of nitrogens with zero attached hydrogens (tertiary/aromatic N) is 1. The van der Waals surface area contributed by atoms with Crippen molar-refractivity contribution in [3.63, 3.8) is 0 Å². The minimum atomic E-state index is -1.03. The van der Waals surface area contributed by atoms with E-state index in [-0.39, 0.29) is 11.6 Å². The maximum Gasteiger partial charge on any atom is 0.326 e. The van der Waals surface area contributed by atoms with Gasteiger partial charge in [0.25, 0.3) is 5.91 Å². The van der Waals surface area contributed by atoms with E-state index < -0.39 is 17.9 Å². The molecule has 0 aromatic carbocycles. The van der Waals surface area contributed by atoms with Gasteiger partial charge in [-0.3, -0.25) is 4.79 Å². The third-order valence-electron chi connectivity index (χ3n) is 2.27. The number of nitrogens with one attached hydrogen (secondary N) is 1. The second kappa shape index (κ2) is 6.49. The molecule has 1 rings (SSSR count). The van der Waals surface area contributed by atoms with Crippen LogP contribution in [0.2, 0.25) is 0 Å². The zero-order valence-corrected chi connectivity index (χ0v) is 11.8. The Balaban J connectivity index is 2.72. The minimum absolute atomic E-state index is 0.185. The number of hydrogen-bond acceptors (Lipinski definition) is 3. The average Bonchev–Trinajstić information content (AvgIpc) is 2.28. The standard InChI is InChI=1S/C12H15BrN2O3/c1-7(2)5-10(12(17)18)15-11(16)9-4-3-8(13)6-14-9/h3-4,6-7,10H,5H2,1-2H3,(H,15,16)(H,17,18). The molecule has 6 heteroatoms. The predicted molar refractivity (Wildman–Crippen MR) is 70.3 cm³/mol. The van der Waals surface area contributed by atoms with Crippen molar-refractivity contribution in [3.8, 4) is 0 Å². The lowest BCUT2D eigenvalue weighted by molar-refractivity contribution is -0.139. The van der Waals surface area contributed by atoms with Crippen molar-refractivity contribution >= 4 is 27.8 Å². The third kappa shape index (κ3) is 4.44. The summed E-state index contributed by atoms with van der Waals surface area (Å²) >= 11 is 3.21. The van der Waals surface area contributed by atoms with Crippen molar-refractivity contribution in [3.05, 3.63) is 28.5 Å². The van der Waals surface area contributed by atoms with Crippen LogP contribution in [-0.2, 0) is 4.79 Å². The summed E-state index contributed by atoms with van der Waals surface area (Å²) in [6, 6.07) is 2.33. The number of halogens is 1. The molecule has 0 aliphatic carbocycles. The summed E-state index contributed by atoms with van der Waals surface area (Å²) < 4.78 is 0.760. The van der Waals surface area contributed by atoms with Crippen LogP contribution < -0.4 is 5.32 Å². The number of aliphatic carboxylic acids is 1. The molecule has 0 saturated carbocycles. The quantitative estimate of drug-likeness (QED) is 0.872. The summed E-state index contributed by atoms with van der Waals surface area (Å²) in [5, 5.41) is 11.5. The molecule has 1 aromatic rings. The molecule has 1 heterocycles.